The van der Waals surface area contributed by atoms with E-state index in [4.69, 9.17) is 4.74 Å². The summed E-state index contributed by atoms with van der Waals surface area (Å²) in [6.07, 6.45) is 1.02. The molecular formula is C22H26N2O. The van der Waals surface area contributed by atoms with E-state index in [0.717, 1.165) is 18.8 Å². The van der Waals surface area contributed by atoms with Crippen molar-refractivity contribution in [2.75, 3.05) is 25.6 Å². The molecule has 1 aromatic heterocycles. The van der Waals surface area contributed by atoms with Crippen molar-refractivity contribution >= 4 is 5.69 Å². The number of aromatic nitrogens is 1. The van der Waals surface area contributed by atoms with E-state index in [1.165, 1.54) is 28.3 Å². The van der Waals surface area contributed by atoms with Gasteiger partial charge in [0.25, 0.3) is 0 Å². The monoisotopic (exact) mass is 334 g/mol. The van der Waals surface area contributed by atoms with Crippen molar-refractivity contribution in [2.24, 2.45) is 0 Å². The molecule has 0 aliphatic heterocycles. The normalized spacial score (nSPS) is 10.7. The van der Waals surface area contributed by atoms with Crippen LogP contribution in [0.5, 0.6) is 5.75 Å². The fraction of sp³-hybridized carbons (Fsp3) is 0.273. The van der Waals surface area contributed by atoms with Gasteiger partial charge in [0.05, 0.1) is 12.3 Å². The van der Waals surface area contributed by atoms with Gasteiger partial charge < -0.3 is 14.2 Å². The number of rotatable bonds is 6. The minimum atomic E-state index is 0.757. The molecular weight excluding hydrogens is 308 g/mol. The highest BCUT2D eigenvalue weighted by atomic mass is 16.5. The van der Waals surface area contributed by atoms with Gasteiger partial charge in [0, 0.05) is 31.2 Å². The van der Waals surface area contributed by atoms with Crippen molar-refractivity contribution < 1.29 is 4.74 Å². The highest BCUT2D eigenvalue weighted by molar-refractivity contribution is 5.65. The molecule has 0 aliphatic rings. The first-order valence-corrected chi connectivity index (χ1v) is 8.79. The summed E-state index contributed by atoms with van der Waals surface area (Å²) in [7, 11) is 4.12. The average Bonchev–Trinajstić information content (AvgIpc) is 3.02. The molecule has 3 rings (SSSR count). The van der Waals surface area contributed by atoms with Crippen molar-refractivity contribution in [3.05, 3.63) is 66.4 Å². The first kappa shape index (κ1) is 17.2. The number of benzene rings is 2. The Morgan fingerprint density at radius 3 is 2.16 bits per heavy atom. The number of anilines is 1. The molecule has 0 fully saturated rings. The molecule has 3 aromatic rings. The minimum Gasteiger partial charge on any atom is -0.494 e. The maximum absolute atomic E-state index is 5.69. The highest BCUT2D eigenvalue weighted by Crippen LogP contribution is 2.28. The molecule has 0 saturated heterocycles. The smallest absolute Gasteiger partial charge is 0.119 e. The van der Waals surface area contributed by atoms with Crippen molar-refractivity contribution in [1.82, 2.24) is 4.57 Å². The van der Waals surface area contributed by atoms with Crippen LogP contribution in [0.25, 0.3) is 16.9 Å². The van der Waals surface area contributed by atoms with E-state index in [1.54, 1.807) is 0 Å². The Kier molecular flexibility index (Phi) is 5.13. The molecule has 3 nitrogen and oxygen atoms in total. The summed E-state index contributed by atoms with van der Waals surface area (Å²) in [4.78, 5) is 2.11. The maximum atomic E-state index is 5.69. The van der Waals surface area contributed by atoms with Crippen molar-refractivity contribution in [1.29, 1.82) is 0 Å². The molecule has 0 atom stereocenters. The van der Waals surface area contributed by atoms with E-state index in [9.17, 15) is 0 Å². The first-order chi connectivity index (χ1) is 12.1. The SMILES string of the molecule is CCCOc1ccc(-c2ccc(C)n2-c2ccc(N(C)C)cc2)cc1. The van der Waals surface area contributed by atoms with Crippen LogP contribution in [-0.2, 0) is 0 Å². The van der Waals surface area contributed by atoms with Crippen LogP contribution in [0.1, 0.15) is 19.0 Å². The topological polar surface area (TPSA) is 17.4 Å². The third kappa shape index (κ3) is 3.71. The van der Waals surface area contributed by atoms with Gasteiger partial charge in [0.15, 0.2) is 0 Å². The molecule has 0 aliphatic carbocycles. The Bertz CT molecular complexity index is 814. The fourth-order valence-electron chi connectivity index (χ4n) is 2.95. The summed E-state index contributed by atoms with van der Waals surface area (Å²) in [5, 5.41) is 0. The van der Waals surface area contributed by atoms with Crippen LogP contribution >= 0.6 is 0 Å². The zero-order chi connectivity index (χ0) is 17.8. The van der Waals surface area contributed by atoms with Gasteiger partial charge in [-0.15, -0.1) is 0 Å². The summed E-state index contributed by atoms with van der Waals surface area (Å²) < 4.78 is 7.98. The van der Waals surface area contributed by atoms with Crippen LogP contribution < -0.4 is 9.64 Å². The van der Waals surface area contributed by atoms with E-state index in [1.807, 2.05) is 12.1 Å². The van der Waals surface area contributed by atoms with Crippen molar-refractivity contribution in [3.63, 3.8) is 0 Å². The van der Waals surface area contributed by atoms with E-state index in [2.05, 4.69) is 85.9 Å². The van der Waals surface area contributed by atoms with Crippen LogP contribution in [-0.4, -0.2) is 25.3 Å². The summed E-state index contributed by atoms with van der Waals surface area (Å²) in [5.74, 6) is 0.927. The van der Waals surface area contributed by atoms with Crippen LogP contribution in [0, 0.1) is 6.92 Å². The van der Waals surface area contributed by atoms with Gasteiger partial charge in [-0.25, -0.2) is 0 Å². The second-order valence-electron chi connectivity index (χ2n) is 6.48. The van der Waals surface area contributed by atoms with E-state index in [0.29, 0.717) is 0 Å². The Morgan fingerprint density at radius 2 is 1.56 bits per heavy atom. The average molecular weight is 334 g/mol. The highest BCUT2D eigenvalue weighted by Gasteiger charge is 2.10. The van der Waals surface area contributed by atoms with Gasteiger partial charge in [0.2, 0.25) is 0 Å². The van der Waals surface area contributed by atoms with Gasteiger partial charge in [-0.2, -0.15) is 0 Å². The summed E-state index contributed by atoms with van der Waals surface area (Å²) >= 11 is 0. The molecule has 0 N–H and O–H groups in total. The minimum absolute atomic E-state index is 0.757. The van der Waals surface area contributed by atoms with Gasteiger partial charge in [0.1, 0.15) is 5.75 Å². The zero-order valence-electron chi connectivity index (χ0n) is 15.5. The molecule has 0 saturated carbocycles. The number of ether oxygens (including phenoxy) is 1. The molecule has 3 heteroatoms. The Labute approximate surface area is 150 Å². The lowest BCUT2D eigenvalue weighted by Crippen LogP contribution is -2.08. The molecule has 0 unspecified atom stereocenters. The molecule has 0 radical (unpaired) electrons. The number of hydrogen-bond donors (Lipinski definition) is 0. The quantitative estimate of drug-likeness (QED) is 0.608. The lowest BCUT2D eigenvalue weighted by Gasteiger charge is -2.16. The molecule has 25 heavy (non-hydrogen) atoms. The molecule has 0 bridgehead atoms. The zero-order valence-corrected chi connectivity index (χ0v) is 15.5. The summed E-state index contributed by atoms with van der Waals surface area (Å²) in [6, 6.07) is 21.3. The molecule has 0 amide bonds. The third-order valence-corrected chi connectivity index (χ3v) is 4.32. The van der Waals surface area contributed by atoms with Crippen LogP contribution in [0.4, 0.5) is 5.69 Å². The predicted octanol–water partition coefficient (Wildman–Crippen LogP) is 5.31. The largest absolute Gasteiger partial charge is 0.494 e. The number of nitrogens with zero attached hydrogens (tertiary/aromatic N) is 2. The number of aryl methyl sites for hydroxylation is 1. The van der Waals surface area contributed by atoms with Crippen molar-refractivity contribution in [2.45, 2.75) is 20.3 Å². The van der Waals surface area contributed by atoms with Gasteiger partial charge >= 0.3 is 0 Å². The Balaban J connectivity index is 1.93. The molecule has 0 spiro atoms. The summed E-state index contributed by atoms with van der Waals surface area (Å²) in [5.41, 5.74) is 5.98. The van der Waals surface area contributed by atoms with Crippen LogP contribution in [0.2, 0.25) is 0 Å². The van der Waals surface area contributed by atoms with Gasteiger partial charge in [-0.05, 0) is 79.6 Å². The standard InChI is InChI=1S/C22H26N2O/c1-5-16-25-21-13-7-18(8-14-21)22-15-6-17(2)24(22)20-11-9-19(10-12-20)23(3)4/h6-15H,5,16H2,1-4H3. The summed E-state index contributed by atoms with van der Waals surface area (Å²) in [6.45, 7) is 5.01. The van der Waals surface area contributed by atoms with Gasteiger partial charge in [-0.3, -0.25) is 0 Å². The lowest BCUT2D eigenvalue weighted by atomic mass is 10.1. The van der Waals surface area contributed by atoms with Gasteiger partial charge in [-0.1, -0.05) is 6.92 Å². The van der Waals surface area contributed by atoms with Crippen molar-refractivity contribution in [3.8, 4) is 22.7 Å². The third-order valence-electron chi connectivity index (χ3n) is 4.32. The maximum Gasteiger partial charge on any atom is 0.119 e. The first-order valence-electron chi connectivity index (χ1n) is 8.79. The Hall–Kier alpha value is -2.68. The van der Waals surface area contributed by atoms with E-state index >= 15 is 0 Å². The second-order valence-corrected chi connectivity index (χ2v) is 6.48. The number of hydrogen-bond acceptors (Lipinski definition) is 2. The van der Waals surface area contributed by atoms with Crippen LogP contribution in [0.15, 0.2) is 60.7 Å². The molecule has 1 heterocycles. The fourth-order valence-corrected chi connectivity index (χ4v) is 2.95. The molecule has 2 aromatic carbocycles. The lowest BCUT2D eigenvalue weighted by molar-refractivity contribution is 0.317. The predicted molar refractivity (Wildman–Crippen MR) is 106 cm³/mol. The Morgan fingerprint density at radius 1 is 0.880 bits per heavy atom. The van der Waals surface area contributed by atoms with E-state index in [-0.39, 0.29) is 0 Å². The second kappa shape index (κ2) is 7.47. The molecule has 130 valence electrons. The van der Waals surface area contributed by atoms with E-state index < -0.39 is 0 Å². The van der Waals surface area contributed by atoms with Crippen LogP contribution in [0.3, 0.4) is 0 Å².